The number of ketones is 1. The number of hydrogen-bond acceptors (Lipinski definition) is 2. The van der Waals surface area contributed by atoms with Crippen molar-refractivity contribution in [3.05, 3.63) is 28.2 Å². The average molecular weight is 299 g/mol. The number of benzene rings is 1. The fourth-order valence-electron chi connectivity index (χ4n) is 1.30. The summed E-state index contributed by atoms with van der Waals surface area (Å²) in [5.74, 6) is 0.853. The van der Waals surface area contributed by atoms with Crippen LogP contribution < -0.4 is 4.74 Å². The van der Waals surface area contributed by atoms with Crippen LogP contribution in [0.2, 0.25) is 0 Å². The Morgan fingerprint density at radius 2 is 2.00 bits per heavy atom. The summed E-state index contributed by atoms with van der Waals surface area (Å²) in [5, 5.41) is 0. The Morgan fingerprint density at radius 3 is 2.47 bits per heavy atom. The fraction of sp³-hybridized carbons (Fsp3) is 0.500. The Morgan fingerprint density at radius 1 is 1.35 bits per heavy atom. The van der Waals surface area contributed by atoms with Gasteiger partial charge in [-0.1, -0.05) is 20.8 Å². The van der Waals surface area contributed by atoms with Crippen molar-refractivity contribution >= 4 is 21.7 Å². The van der Waals surface area contributed by atoms with E-state index in [-0.39, 0.29) is 11.2 Å². The molecule has 2 nitrogen and oxygen atoms in total. The second kappa shape index (κ2) is 5.67. The van der Waals surface area contributed by atoms with E-state index in [0.29, 0.717) is 12.2 Å². The van der Waals surface area contributed by atoms with E-state index in [0.717, 1.165) is 16.6 Å². The largest absolute Gasteiger partial charge is 0.492 e. The van der Waals surface area contributed by atoms with Gasteiger partial charge in [0.05, 0.1) is 11.1 Å². The molecule has 94 valence electrons. The van der Waals surface area contributed by atoms with Crippen LogP contribution in [0, 0.1) is 5.41 Å². The molecule has 0 unspecified atom stereocenters. The third-order valence-electron chi connectivity index (χ3n) is 2.45. The lowest BCUT2D eigenvalue weighted by Crippen LogP contribution is -2.11. The van der Waals surface area contributed by atoms with Crippen molar-refractivity contribution in [3.8, 4) is 5.75 Å². The molecule has 0 N–H and O–H groups in total. The van der Waals surface area contributed by atoms with E-state index in [1.165, 1.54) is 0 Å². The number of Topliss-reactive ketones (excluding diaryl/α,β-unsaturated/α-hetero) is 1. The first-order valence-corrected chi connectivity index (χ1v) is 6.52. The molecule has 1 aromatic carbocycles. The number of hydrogen-bond donors (Lipinski definition) is 0. The summed E-state index contributed by atoms with van der Waals surface area (Å²) in [6.45, 7) is 8.79. The van der Waals surface area contributed by atoms with E-state index in [2.05, 4.69) is 36.7 Å². The van der Waals surface area contributed by atoms with E-state index in [1.54, 1.807) is 19.1 Å². The summed E-state index contributed by atoms with van der Waals surface area (Å²) in [4.78, 5) is 11.2. The van der Waals surface area contributed by atoms with Crippen molar-refractivity contribution in [2.24, 2.45) is 5.41 Å². The summed E-state index contributed by atoms with van der Waals surface area (Å²) >= 11 is 3.42. The van der Waals surface area contributed by atoms with Crippen LogP contribution in [-0.4, -0.2) is 12.4 Å². The summed E-state index contributed by atoms with van der Waals surface area (Å²) in [6, 6.07) is 5.43. The highest BCUT2D eigenvalue weighted by atomic mass is 79.9. The lowest BCUT2D eigenvalue weighted by Gasteiger charge is -2.18. The lowest BCUT2D eigenvalue weighted by molar-refractivity contribution is 0.101. The van der Waals surface area contributed by atoms with Gasteiger partial charge in [0.25, 0.3) is 0 Å². The smallest absolute Gasteiger partial charge is 0.159 e. The molecule has 0 fully saturated rings. The van der Waals surface area contributed by atoms with Gasteiger partial charge in [-0.3, -0.25) is 4.79 Å². The third kappa shape index (κ3) is 4.90. The van der Waals surface area contributed by atoms with Crippen LogP contribution in [0.5, 0.6) is 5.75 Å². The SMILES string of the molecule is CC(=O)c1ccc(OCCC(C)(C)C)c(Br)c1. The van der Waals surface area contributed by atoms with E-state index < -0.39 is 0 Å². The molecule has 0 spiro atoms. The highest BCUT2D eigenvalue weighted by Crippen LogP contribution is 2.27. The average Bonchev–Trinajstić information content (AvgIpc) is 2.18. The van der Waals surface area contributed by atoms with Gasteiger partial charge in [-0.15, -0.1) is 0 Å². The predicted octanol–water partition coefficient (Wildman–Crippen LogP) is 4.47. The van der Waals surface area contributed by atoms with Gasteiger partial charge in [-0.05, 0) is 52.9 Å². The maximum Gasteiger partial charge on any atom is 0.159 e. The predicted molar refractivity (Wildman–Crippen MR) is 73.7 cm³/mol. The van der Waals surface area contributed by atoms with Gasteiger partial charge in [0.2, 0.25) is 0 Å². The molecular formula is C14H19BrO2. The second-order valence-electron chi connectivity index (χ2n) is 5.36. The molecule has 0 saturated carbocycles. The highest BCUT2D eigenvalue weighted by Gasteiger charge is 2.11. The van der Waals surface area contributed by atoms with Crippen LogP contribution in [0.15, 0.2) is 22.7 Å². The zero-order valence-electron chi connectivity index (χ0n) is 10.8. The first-order valence-electron chi connectivity index (χ1n) is 5.73. The molecule has 0 saturated heterocycles. The fourth-order valence-corrected chi connectivity index (χ4v) is 1.80. The topological polar surface area (TPSA) is 26.3 Å². The van der Waals surface area contributed by atoms with Gasteiger partial charge in [0.15, 0.2) is 5.78 Å². The van der Waals surface area contributed by atoms with Crippen LogP contribution >= 0.6 is 15.9 Å². The van der Waals surface area contributed by atoms with Gasteiger partial charge in [-0.2, -0.15) is 0 Å². The van der Waals surface area contributed by atoms with Crippen LogP contribution in [0.4, 0.5) is 0 Å². The first-order chi connectivity index (χ1) is 7.79. The third-order valence-corrected chi connectivity index (χ3v) is 3.07. The molecular weight excluding hydrogens is 280 g/mol. The second-order valence-corrected chi connectivity index (χ2v) is 6.21. The van der Waals surface area contributed by atoms with Crippen LogP contribution in [0.3, 0.4) is 0 Å². The van der Waals surface area contributed by atoms with Crippen molar-refractivity contribution in [1.82, 2.24) is 0 Å². The van der Waals surface area contributed by atoms with Gasteiger partial charge >= 0.3 is 0 Å². The molecule has 0 aliphatic carbocycles. The van der Waals surface area contributed by atoms with Crippen molar-refractivity contribution in [3.63, 3.8) is 0 Å². The van der Waals surface area contributed by atoms with Crippen LogP contribution in [-0.2, 0) is 0 Å². The van der Waals surface area contributed by atoms with Gasteiger partial charge in [0.1, 0.15) is 5.75 Å². The maximum atomic E-state index is 11.2. The van der Waals surface area contributed by atoms with Gasteiger partial charge in [0, 0.05) is 5.56 Å². The minimum Gasteiger partial charge on any atom is -0.492 e. The molecule has 0 atom stereocenters. The normalized spacial score (nSPS) is 11.4. The minimum absolute atomic E-state index is 0.0620. The molecule has 0 bridgehead atoms. The van der Waals surface area contributed by atoms with Crippen LogP contribution in [0.25, 0.3) is 0 Å². The number of halogens is 1. The number of carbonyl (C=O) groups excluding carboxylic acids is 1. The molecule has 0 aliphatic rings. The Hall–Kier alpha value is -0.830. The molecule has 0 aromatic heterocycles. The maximum absolute atomic E-state index is 11.2. The quantitative estimate of drug-likeness (QED) is 0.767. The number of carbonyl (C=O) groups is 1. The molecule has 1 aromatic rings. The number of rotatable bonds is 4. The minimum atomic E-state index is 0.0620. The monoisotopic (exact) mass is 298 g/mol. The molecule has 17 heavy (non-hydrogen) atoms. The molecule has 0 radical (unpaired) electrons. The lowest BCUT2D eigenvalue weighted by atomic mass is 9.93. The Balaban J connectivity index is 2.64. The van der Waals surface area contributed by atoms with Crippen molar-refractivity contribution in [1.29, 1.82) is 0 Å². The van der Waals surface area contributed by atoms with Crippen LogP contribution in [0.1, 0.15) is 44.5 Å². The standard InChI is InChI=1S/C14H19BrO2/c1-10(16)11-5-6-13(12(15)9-11)17-8-7-14(2,3)4/h5-6,9H,7-8H2,1-4H3. The molecule has 0 aliphatic heterocycles. The van der Waals surface area contributed by atoms with Gasteiger partial charge in [-0.25, -0.2) is 0 Å². The van der Waals surface area contributed by atoms with Gasteiger partial charge < -0.3 is 4.74 Å². The van der Waals surface area contributed by atoms with E-state index in [9.17, 15) is 4.79 Å². The zero-order chi connectivity index (χ0) is 13.1. The molecule has 1 rings (SSSR count). The first kappa shape index (κ1) is 14.2. The number of ether oxygens (including phenoxy) is 1. The summed E-state index contributed by atoms with van der Waals surface area (Å²) < 4.78 is 6.52. The van der Waals surface area contributed by atoms with E-state index >= 15 is 0 Å². The van der Waals surface area contributed by atoms with E-state index in [4.69, 9.17) is 4.74 Å². The summed E-state index contributed by atoms with van der Waals surface area (Å²) in [6.07, 6.45) is 0.994. The summed E-state index contributed by atoms with van der Waals surface area (Å²) in [7, 11) is 0. The van der Waals surface area contributed by atoms with Crippen molar-refractivity contribution in [2.45, 2.75) is 34.1 Å². The van der Waals surface area contributed by atoms with E-state index in [1.807, 2.05) is 6.07 Å². The van der Waals surface area contributed by atoms with Crippen molar-refractivity contribution < 1.29 is 9.53 Å². The molecule has 3 heteroatoms. The molecule has 0 heterocycles. The highest BCUT2D eigenvalue weighted by molar-refractivity contribution is 9.10. The Labute approximate surface area is 111 Å². The van der Waals surface area contributed by atoms with Crippen molar-refractivity contribution in [2.75, 3.05) is 6.61 Å². The Bertz CT molecular complexity index is 405. The zero-order valence-corrected chi connectivity index (χ0v) is 12.4. The summed E-state index contributed by atoms with van der Waals surface area (Å²) in [5.41, 5.74) is 0.964. The Kier molecular flexibility index (Phi) is 4.75. The molecule has 0 amide bonds.